The molecular weight excluding hydrogens is 284 g/mol. The van der Waals surface area contributed by atoms with E-state index in [-0.39, 0.29) is 11.4 Å². The Labute approximate surface area is 133 Å². The van der Waals surface area contributed by atoms with Gasteiger partial charge in [-0.25, -0.2) is 9.59 Å². The van der Waals surface area contributed by atoms with Crippen LogP contribution in [0.1, 0.15) is 62.3 Å². The second-order valence-electron chi connectivity index (χ2n) is 8.09. The summed E-state index contributed by atoms with van der Waals surface area (Å²) < 4.78 is 10.4. The van der Waals surface area contributed by atoms with E-state index in [2.05, 4.69) is 10.6 Å². The molecule has 0 saturated heterocycles. The molecule has 0 aromatic rings. The highest BCUT2D eigenvalue weighted by atomic mass is 16.6. The number of alkyl carbamates (subject to hydrolysis) is 1. The number of nitrogens with one attached hydrogen (secondary N) is 2. The molecule has 6 nitrogen and oxygen atoms in total. The first kappa shape index (κ1) is 20.3. The van der Waals surface area contributed by atoms with Gasteiger partial charge in [-0.3, -0.25) is 5.32 Å². The monoisotopic (exact) mass is 314 g/mol. The Morgan fingerprint density at radius 3 is 1.64 bits per heavy atom. The molecule has 0 heterocycles. The van der Waals surface area contributed by atoms with Crippen LogP contribution in [0.4, 0.5) is 4.79 Å². The van der Waals surface area contributed by atoms with E-state index in [0.717, 1.165) is 0 Å². The van der Waals surface area contributed by atoms with Crippen molar-refractivity contribution in [1.82, 2.24) is 10.6 Å². The van der Waals surface area contributed by atoms with Gasteiger partial charge in [0.2, 0.25) is 0 Å². The van der Waals surface area contributed by atoms with E-state index in [1.807, 2.05) is 20.8 Å². The normalized spacial score (nSPS) is 13.4. The molecule has 0 rings (SSSR count). The second kappa shape index (κ2) is 7.03. The average Bonchev–Trinajstić information content (AvgIpc) is 2.05. The fourth-order valence-corrected chi connectivity index (χ4v) is 1.37. The standard InChI is InChI=1S/C16H30N2O4/c1-14(2,3)18-11(10-12(19)21-15(4,5)6)17-13(20)22-16(7,8)9/h10,18H,1-9H3,(H,17,20)/b11-10+. The molecular formula is C16H30N2O4. The third kappa shape index (κ3) is 12.1. The Morgan fingerprint density at radius 2 is 1.27 bits per heavy atom. The van der Waals surface area contributed by atoms with Gasteiger partial charge in [0.25, 0.3) is 0 Å². The zero-order valence-electron chi connectivity index (χ0n) is 15.2. The van der Waals surface area contributed by atoms with Crippen LogP contribution in [0, 0.1) is 0 Å². The van der Waals surface area contributed by atoms with E-state index in [1.54, 1.807) is 41.5 Å². The van der Waals surface area contributed by atoms with Gasteiger partial charge in [0.05, 0.1) is 6.08 Å². The number of hydrogen-bond donors (Lipinski definition) is 2. The average molecular weight is 314 g/mol. The zero-order valence-corrected chi connectivity index (χ0v) is 15.2. The number of ether oxygens (including phenoxy) is 2. The molecule has 0 radical (unpaired) electrons. The van der Waals surface area contributed by atoms with Gasteiger partial charge < -0.3 is 14.8 Å². The predicted molar refractivity (Wildman–Crippen MR) is 86.2 cm³/mol. The molecule has 0 atom stereocenters. The highest BCUT2D eigenvalue weighted by Gasteiger charge is 2.21. The molecule has 0 fully saturated rings. The molecule has 22 heavy (non-hydrogen) atoms. The van der Waals surface area contributed by atoms with Crippen LogP contribution < -0.4 is 10.6 Å². The Morgan fingerprint density at radius 1 is 0.818 bits per heavy atom. The van der Waals surface area contributed by atoms with Crippen LogP contribution in [0.15, 0.2) is 11.9 Å². The maximum Gasteiger partial charge on any atom is 0.413 e. The third-order valence-electron chi connectivity index (χ3n) is 1.81. The SMILES string of the molecule is CC(C)(C)N/C(=C/C(=O)OC(C)(C)C)NC(=O)OC(C)(C)C. The van der Waals surface area contributed by atoms with Crippen molar-refractivity contribution in [2.24, 2.45) is 0 Å². The summed E-state index contributed by atoms with van der Waals surface area (Å²) in [5.74, 6) is -0.314. The van der Waals surface area contributed by atoms with E-state index in [1.165, 1.54) is 6.08 Å². The van der Waals surface area contributed by atoms with Crippen molar-refractivity contribution in [2.45, 2.75) is 79.1 Å². The van der Waals surface area contributed by atoms with Crippen LogP contribution in [0.25, 0.3) is 0 Å². The first-order valence-corrected chi connectivity index (χ1v) is 7.30. The highest BCUT2D eigenvalue weighted by molar-refractivity contribution is 5.84. The fourth-order valence-electron chi connectivity index (χ4n) is 1.37. The molecule has 0 aliphatic carbocycles. The second-order valence-corrected chi connectivity index (χ2v) is 8.09. The molecule has 0 aromatic carbocycles. The fraction of sp³-hybridized carbons (Fsp3) is 0.750. The van der Waals surface area contributed by atoms with E-state index >= 15 is 0 Å². The Hall–Kier alpha value is -1.72. The van der Waals surface area contributed by atoms with E-state index in [0.29, 0.717) is 0 Å². The largest absolute Gasteiger partial charge is 0.457 e. The summed E-state index contributed by atoms with van der Waals surface area (Å²) in [7, 11) is 0. The molecule has 2 N–H and O–H groups in total. The van der Waals surface area contributed by atoms with Gasteiger partial charge in [0.1, 0.15) is 17.0 Å². The smallest absolute Gasteiger partial charge is 0.413 e. The Balaban J connectivity index is 5.06. The van der Waals surface area contributed by atoms with Crippen LogP contribution in [0.2, 0.25) is 0 Å². The Kier molecular flexibility index (Phi) is 6.48. The van der Waals surface area contributed by atoms with Crippen molar-refractivity contribution in [1.29, 1.82) is 0 Å². The van der Waals surface area contributed by atoms with Gasteiger partial charge in [0, 0.05) is 5.54 Å². The van der Waals surface area contributed by atoms with Gasteiger partial charge in [-0.15, -0.1) is 0 Å². The summed E-state index contributed by atoms with van der Waals surface area (Å²) in [6, 6.07) is 0. The van der Waals surface area contributed by atoms with Gasteiger partial charge in [-0.05, 0) is 62.3 Å². The van der Waals surface area contributed by atoms with Gasteiger partial charge in [0.15, 0.2) is 0 Å². The molecule has 0 spiro atoms. The lowest BCUT2D eigenvalue weighted by Crippen LogP contribution is -2.44. The van der Waals surface area contributed by atoms with Crippen LogP contribution in [-0.2, 0) is 14.3 Å². The summed E-state index contributed by atoms with van der Waals surface area (Å²) in [4.78, 5) is 23.7. The summed E-state index contributed by atoms with van der Waals surface area (Å²) >= 11 is 0. The minimum Gasteiger partial charge on any atom is -0.457 e. The van der Waals surface area contributed by atoms with Crippen molar-refractivity contribution in [3.05, 3.63) is 11.9 Å². The van der Waals surface area contributed by atoms with Gasteiger partial charge >= 0.3 is 12.1 Å². The van der Waals surface area contributed by atoms with Crippen molar-refractivity contribution in [3.8, 4) is 0 Å². The van der Waals surface area contributed by atoms with Gasteiger partial charge in [-0.2, -0.15) is 0 Å². The van der Waals surface area contributed by atoms with Crippen LogP contribution in [0.5, 0.6) is 0 Å². The van der Waals surface area contributed by atoms with E-state index < -0.39 is 23.3 Å². The highest BCUT2D eigenvalue weighted by Crippen LogP contribution is 2.10. The van der Waals surface area contributed by atoms with Crippen LogP contribution in [0.3, 0.4) is 0 Å². The number of rotatable bonds is 3. The summed E-state index contributed by atoms with van der Waals surface area (Å²) in [6.45, 7) is 16.3. The van der Waals surface area contributed by atoms with Crippen molar-refractivity contribution >= 4 is 12.1 Å². The number of carbonyl (C=O) groups excluding carboxylic acids is 2. The molecule has 0 aromatic heterocycles. The minimum atomic E-state index is -0.640. The van der Waals surface area contributed by atoms with E-state index in [9.17, 15) is 9.59 Å². The zero-order chi connectivity index (χ0) is 17.8. The van der Waals surface area contributed by atoms with Crippen molar-refractivity contribution < 1.29 is 19.1 Å². The lowest BCUT2D eigenvalue weighted by atomic mass is 10.1. The number of hydrogen-bond acceptors (Lipinski definition) is 5. The molecule has 0 saturated carbocycles. The minimum absolute atomic E-state index is 0.232. The summed E-state index contributed by atoms with van der Waals surface area (Å²) in [5, 5.41) is 5.57. The molecule has 0 aliphatic heterocycles. The van der Waals surface area contributed by atoms with E-state index in [4.69, 9.17) is 9.47 Å². The van der Waals surface area contributed by atoms with Crippen molar-refractivity contribution in [2.75, 3.05) is 0 Å². The number of amides is 1. The quantitative estimate of drug-likeness (QED) is 0.618. The van der Waals surface area contributed by atoms with Crippen LogP contribution in [-0.4, -0.2) is 28.8 Å². The lowest BCUT2D eigenvalue weighted by Gasteiger charge is -2.26. The predicted octanol–water partition coefficient (Wildman–Crippen LogP) is 3.08. The number of esters is 1. The molecule has 0 aliphatic rings. The third-order valence-corrected chi connectivity index (χ3v) is 1.81. The maximum absolute atomic E-state index is 11.9. The first-order chi connectivity index (χ1) is 9.57. The first-order valence-electron chi connectivity index (χ1n) is 7.30. The maximum atomic E-state index is 11.9. The van der Waals surface area contributed by atoms with Crippen molar-refractivity contribution in [3.63, 3.8) is 0 Å². The molecule has 128 valence electrons. The summed E-state index contributed by atoms with van der Waals surface area (Å²) in [6.07, 6.45) is 0.569. The Bertz CT molecular complexity index is 435. The molecule has 1 amide bonds. The lowest BCUT2D eigenvalue weighted by molar-refractivity contribution is -0.148. The molecule has 0 unspecified atom stereocenters. The molecule has 0 bridgehead atoms. The van der Waals surface area contributed by atoms with Gasteiger partial charge in [-0.1, -0.05) is 0 Å². The topological polar surface area (TPSA) is 76.7 Å². The number of carbonyl (C=O) groups is 2. The van der Waals surface area contributed by atoms with Crippen LogP contribution >= 0.6 is 0 Å². The molecule has 6 heteroatoms. The summed E-state index contributed by atoms with van der Waals surface area (Å²) in [5.41, 5.74) is -1.57.